The quantitative estimate of drug-likeness (QED) is 0.880. The van der Waals surface area contributed by atoms with Crippen LogP contribution in [0.4, 0.5) is 0 Å². The molecular weight excluding hydrogens is 240 g/mol. The van der Waals surface area contributed by atoms with Gasteiger partial charge in [0.25, 0.3) is 0 Å². The molecule has 1 aromatic rings. The minimum Gasteiger partial charge on any atom is -0.354 e. The van der Waals surface area contributed by atoms with E-state index in [0.29, 0.717) is 6.54 Å². The second-order valence-corrected chi connectivity index (χ2v) is 5.08. The molecule has 19 heavy (non-hydrogen) atoms. The first-order chi connectivity index (χ1) is 9.27. The lowest BCUT2D eigenvalue weighted by molar-refractivity contribution is -0.126. The molecule has 0 aromatic carbocycles. The summed E-state index contributed by atoms with van der Waals surface area (Å²) in [6.07, 6.45) is 10.3. The Morgan fingerprint density at radius 2 is 2.32 bits per heavy atom. The van der Waals surface area contributed by atoms with Crippen LogP contribution in [0.5, 0.6) is 0 Å². The molecule has 104 valence electrons. The number of hydrogen-bond donors (Lipinski definition) is 1. The first kappa shape index (κ1) is 13.9. The molecule has 0 radical (unpaired) electrons. The molecule has 1 saturated heterocycles. The lowest BCUT2D eigenvalue weighted by Gasteiger charge is -2.24. The molecule has 1 aromatic heterocycles. The van der Waals surface area contributed by atoms with Crippen molar-refractivity contribution in [2.24, 2.45) is 0 Å². The van der Waals surface area contributed by atoms with E-state index in [4.69, 9.17) is 0 Å². The van der Waals surface area contributed by atoms with Crippen LogP contribution in [-0.4, -0.2) is 47.0 Å². The van der Waals surface area contributed by atoms with Gasteiger partial charge in [-0.2, -0.15) is 0 Å². The number of likely N-dealkylation sites (N-methyl/N-ethyl adjacent to an activating group) is 1. The van der Waals surface area contributed by atoms with Gasteiger partial charge < -0.3 is 5.32 Å². The molecule has 1 atom stereocenters. The van der Waals surface area contributed by atoms with Crippen molar-refractivity contribution in [3.05, 3.63) is 24.3 Å². The Labute approximate surface area is 114 Å². The van der Waals surface area contributed by atoms with Gasteiger partial charge in [-0.3, -0.25) is 19.7 Å². The summed E-state index contributed by atoms with van der Waals surface area (Å²) >= 11 is 0. The summed E-state index contributed by atoms with van der Waals surface area (Å²) in [6, 6.07) is 0.0318. The van der Waals surface area contributed by atoms with Crippen LogP contribution in [-0.2, 0) is 11.2 Å². The van der Waals surface area contributed by atoms with Gasteiger partial charge in [0, 0.05) is 31.6 Å². The SMILES string of the molecule is CN1CCCCCC1C(=O)NCCc1cnccn1. The van der Waals surface area contributed by atoms with Crippen molar-refractivity contribution in [3.63, 3.8) is 0 Å². The van der Waals surface area contributed by atoms with Gasteiger partial charge in [0.15, 0.2) is 0 Å². The third-order valence-electron chi connectivity index (χ3n) is 3.62. The first-order valence-electron chi connectivity index (χ1n) is 7.00. The molecule has 5 heteroatoms. The topological polar surface area (TPSA) is 58.1 Å². The van der Waals surface area contributed by atoms with Crippen molar-refractivity contribution in [1.82, 2.24) is 20.2 Å². The Bertz CT molecular complexity index is 396. The number of amides is 1. The lowest BCUT2D eigenvalue weighted by Crippen LogP contribution is -2.45. The molecule has 1 aliphatic heterocycles. The van der Waals surface area contributed by atoms with Gasteiger partial charge in [0.2, 0.25) is 5.91 Å². The molecule has 1 fully saturated rings. The molecular formula is C14H22N4O. The van der Waals surface area contributed by atoms with Crippen molar-refractivity contribution in [1.29, 1.82) is 0 Å². The van der Waals surface area contributed by atoms with Crippen LogP contribution in [0.2, 0.25) is 0 Å². The van der Waals surface area contributed by atoms with Crippen LogP contribution >= 0.6 is 0 Å². The molecule has 0 spiro atoms. The fourth-order valence-electron chi connectivity index (χ4n) is 2.47. The standard InChI is InChI=1S/C14H22N4O/c1-18-10-4-2-3-5-13(18)14(19)17-7-6-12-11-15-8-9-16-12/h8-9,11,13H,2-7,10H2,1H3,(H,17,19). The molecule has 5 nitrogen and oxygen atoms in total. The molecule has 1 amide bonds. The minimum absolute atomic E-state index is 0.0318. The third kappa shape index (κ3) is 4.28. The van der Waals surface area contributed by atoms with Crippen molar-refractivity contribution in [3.8, 4) is 0 Å². The summed E-state index contributed by atoms with van der Waals surface area (Å²) in [4.78, 5) is 22.5. The average Bonchev–Trinajstić information content (AvgIpc) is 2.64. The molecule has 2 heterocycles. The van der Waals surface area contributed by atoms with Gasteiger partial charge in [-0.15, -0.1) is 0 Å². The molecule has 0 bridgehead atoms. The Morgan fingerprint density at radius 1 is 1.42 bits per heavy atom. The lowest BCUT2D eigenvalue weighted by atomic mass is 10.1. The van der Waals surface area contributed by atoms with Crippen molar-refractivity contribution >= 4 is 5.91 Å². The van der Waals surface area contributed by atoms with Crippen LogP contribution in [0.1, 0.15) is 31.4 Å². The van der Waals surface area contributed by atoms with E-state index in [0.717, 1.165) is 31.5 Å². The zero-order valence-electron chi connectivity index (χ0n) is 11.5. The highest BCUT2D eigenvalue weighted by Crippen LogP contribution is 2.15. The Kier molecular flexibility index (Phi) is 5.27. The van der Waals surface area contributed by atoms with Gasteiger partial charge in [-0.05, 0) is 26.4 Å². The maximum Gasteiger partial charge on any atom is 0.237 e. The number of rotatable bonds is 4. The maximum absolute atomic E-state index is 12.2. The fourth-order valence-corrected chi connectivity index (χ4v) is 2.47. The van der Waals surface area contributed by atoms with E-state index >= 15 is 0 Å². The number of hydrogen-bond acceptors (Lipinski definition) is 4. The molecule has 0 saturated carbocycles. The van der Waals surface area contributed by atoms with Gasteiger partial charge >= 0.3 is 0 Å². The van der Waals surface area contributed by atoms with Crippen LogP contribution in [0.15, 0.2) is 18.6 Å². The number of nitrogens with zero attached hydrogens (tertiary/aromatic N) is 3. The highest BCUT2D eigenvalue weighted by atomic mass is 16.2. The summed E-state index contributed by atoms with van der Waals surface area (Å²) in [5.41, 5.74) is 0.914. The van der Waals surface area contributed by atoms with E-state index < -0.39 is 0 Å². The van der Waals surface area contributed by atoms with E-state index in [2.05, 4.69) is 20.2 Å². The number of nitrogens with one attached hydrogen (secondary N) is 1. The zero-order valence-corrected chi connectivity index (χ0v) is 11.5. The van der Waals surface area contributed by atoms with Crippen LogP contribution in [0, 0.1) is 0 Å². The normalized spacial score (nSPS) is 20.8. The van der Waals surface area contributed by atoms with Crippen molar-refractivity contribution in [2.75, 3.05) is 20.1 Å². The van der Waals surface area contributed by atoms with Gasteiger partial charge in [0.05, 0.1) is 11.7 Å². The highest BCUT2D eigenvalue weighted by Gasteiger charge is 2.24. The van der Waals surface area contributed by atoms with Crippen LogP contribution in [0.25, 0.3) is 0 Å². The third-order valence-corrected chi connectivity index (χ3v) is 3.62. The predicted octanol–water partition coefficient (Wildman–Crippen LogP) is 1.01. The van der Waals surface area contributed by atoms with E-state index in [1.807, 2.05) is 7.05 Å². The number of likely N-dealkylation sites (tertiary alicyclic amines) is 1. The largest absolute Gasteiger partial charge is 0.354 e. The van der Waals surface area contributed by atoms with Crippen LogP contribution < -0.4 is 5.32 Å². The zero-order chi connectivity index (χ0) is 13.5. The summed E-state index contributed by atoms with van der Waals surface area (Å²) in [5, 5.41) is 3.01. The first-order valence-corrected chi connectivity index (χ1v) is 7.00. The monoisotopic (exact) mass is 262 g/mol. The summed E-state index contributed by atoms with van der Waals surface area (Å²) in [7, 11) is 2.04. The van der Waals surface area contributed by atoms with E-state index in [1.165, 1.54) is 12.8 Å². The summed E-state index contributed by atoms with van der Waals surface area (Å²) in [6.45, 7) is 1.64. The molecule has 1 aliphatic rings. The molecule has 0 aliphatic carbocycles. The number of carbonyl (C=O) groups excluding carboxylic acids is 1. The van der Waals surface area contributed by atoms with Crippen molar-refractivity contribution in [2.45, 2.75) is 38.1 Å². The van der Waals surface area contributed by atoms with E-state index in [1.54, 1.807) is 18.6 Å². The Hall–Kier alpha value is -1.49. The second-order valence-electron chi connectivity index (χ2n) is 5.08. The molecule has 1 N–H and O–H groups in total. The number of aromatic nitrogens is 2. The van der Waals surface area contributed by atoms with Gasteiger partial charge in [0.1, 0.15) is 0 Å². The fraction of sp³-hybridized carbons (Fsp3) is 0.643. The summed E-state index contributed by atoms with van der Waals surface area (Å²) < 4.78 is 0. The Balaban J connectivity index is 1.77. The summed E-state index contributed by atoms with van der Waals surface area (Å²) in [5.74, 6) is 0.147. The van der Waals surface area contributed by atoms with Gasteiger partial charge in [-0.1, -0.05) is 12.8 Å². The van der Waals surface area contributed by atoms with Gasteiger partial charge in [-0.25, -0.2) is 0 Å². The van der Waals surface area contributed by atoms with Crippen molar-refractivity contribution < 1.29 is 4.79 Å². The average molecular weight is 262 g/mol. The van der Waals surface area contributed by atoms with E-state index in [9.17, 15) is 4.79 Å². The van der Waals surface area contributed by atoms with E-state index in [-0.39, 0.29) is 11.9 Å². The number of carbonyl (C=O) groups is 1. The molecule has 1 unspecified atom stereocenters. The second kappa shape index (κ2) is 7.19. The predicted molar refractivity (Wildman–Crippen MR) is 73.6 cm³/mol. The highest BCUT2D eigenvalue weighted by molar-refractivity contribution is 5.81. The minimum atomic E-state index is 0.0318. The van der Waals surface area contributed by atoms with Crippen LogP contribution in [0.3, 0.4) is 0 Å². The maximum atomic E-state index is 12.2. The molecule has 2 rings (SSSR count). The smallest absolute Gasteiger partial charge is 0.237 e. The Morgan fingerprint density at radius 3 is 3.11 bits per heavy atom.